The molecule has 0 saturated heterocycles. The molecule has 45 heavy (non-hydrogen) atoms. The fourth-order valence-corrected chi connectivity index (χ4v) is 5.48. The largest absolute Gasteiger partial charge is 0.435 e. The van der Waals surface area contributed by atoms with E-state index < -0.39 is 12.7 Å². The summed E-state index contributed by atoms with van der Waals surface area (Å²) in [6.07, 6.45) is 0.256. The Bertz CT molecular complexity index is 1800. The van der Waals surface area contributed by atoms with Crippen molar-refractivity contribution >= 4 is 41.0 Å². The summed E-state index contributed by atoms with van der Waals surface area (Å²) in [5.74, 6) is -0.342. The number of carbonyl (C=O) groups is 2. The second-order valence-corrected chi connectivity index (χ2v) is 11.4. The molecule has 3 aromatic carbocycles. The zero-order valence-electron chi connectivity index (χ0n) is 24.5. The molecule has 9 nitrogen and oxygen atoms in total. The van der Waals surface area contributed by atoms with Crippen LogP contribution in [0.25, 0.3) is 5.69 Å². The van der Waals surface area contributed by atoms with Gasteiger partial charge in [-0.1, -0.05) is 35.3 Å². The van der Waals surface area contributed by atoms with Gasteiger partial charge >= 0.3 is 6.61 Å². The minimum absolute atomic E-state index is 0.0156. The SMILES string of the molecule is CNC(=O)c1ccc(-n2c(N[C@H](C)c3ccc(OC(F)F)cc3)nc3c(c2=O)C[C@@H](C)N(C(=O)c2ccc(Cl)c(Cl)c2)C3)cc1. The van der Waals surface area contributed by atoms with Crippen LogP contribution in [0.1, 0.15) is 57.4 Å². The van der Waals surface area contributed by atoms with Gasteiger partial charge in [-0.25, -0.2) is 9.55 Å². The maximum absolute atomic E-state index is 14.1. The van der Waals surface area contributed by atoms with Crippen molar-refractivity contribution in [2.75, 3.05) is 12.4 Å². The molecule has 13 heteroatoms. The van der Waals surface area contributed by atoms with E-state index in [0.29, 0.717) is 33.1 Å². The fraction of sp³-hybridized carbons (Fsp3) is 0.250. The molecule has 2 heterocycles. The zero-order chi connectivity index (χ0) is 32.4. The summed E-state index contributed by atoms with van der Waals surface area (Å²) in [5, 5.41) is 6.43. The summed E-state index contributed by atoms with van der Waals surface area (Å²) < 4.78 is 31.2. The van der Waals surface area contributed by atoms with Crippen LogP contribution in [-0.4, -0.2) is 46.0 Å². The predicted octanol–water partition coefficient (Wildman–Crippen LogP) is 6.26. The maximum Gasteiger partial charge on any atom is 0.387 e. The third kappa shape index (κ3) is 6.79. The van der Waals surface area contributed by atoms with E-state index in [2.05, 4.69) is 15.4 Å². The summed E-state index contributed by atoms with van der Waals surface area (Å²) in [7, 11) is 1.53. The average Bonchev–Trinajstić information content (AvgIpc) is 3.02. The number of hydrogen-bond donors (Lipinski definition) is 2. The molecular weight excluding hydrogens is 627 g/mol. The van der Waals surface area contributed by atoms with Crippen LogP contribution in [0.15, 0.2) is 71.5 Å². The number of halogens is 4. The van der Waals surface area contributed by atoms with Crippen molar-refractivity contribution in [3.63, 3.8) is 0 Å². The van der Waals surface area contributed by atoms with Crippen molar-refractivity contribution in [3.05, 3.63) is 115 Å². The molecule has 0 saturated carbocycles. The predicted molar refractivity (Wildman–Crippen MR) is 168 cm³/mol. The standard InChI is InChI=1S/C32H29Cl2F2N5O4/c1-17-14-24-27(16-40(17)29(43)21-8-13-25(33)26(34)15-21)39-32(38-18(2)19-6-11-23(12-7-19)45-31(35)36)41(30(24)44)22-9-4-20(5-10-22)28(42)37-3/h4-13,15,17-18,31H,14,16H2,1-3H3,(H,37,42)(H,38,39)/t17-,18-/m1/s1. The van der Waals surface area contributed by atoms with E-state index in [1.165, 1.54) is 29.8 Å². The van der Waals surface area contributed by atoms with Crippen LogP contribution in [0.4, 0.5) is 14.7 Å². The number of rotatable bonds is 8. The van der Waals surface area contributed by atoms with E-state index in [0.717, 1.165) is 5.56 Å². The lowest BCUT2D eigenvalue weighted by atomic mass is 9.98. The van der Waals surface area contributed by atoms with Gasteiger partial charge in [0, 0.05) is 29.8 Å². The fourth-order valence-electron chi connectivity index (χ4n) is 5.18. The minimum Gasteiger partial charge on any atom is -0.435 e. The molecule has 4 aromatic rings. The Morgan fingerprint density at radius 3 is 2.29 bits per heavy atom. The Balaban J connectivity index is 1.54. The first-order chi connectivity index (χ1) is 21.5. The molecule has 1 aromatic heterocycles. The molecule has 0 aliphatic carbocycles. The number of alkyl halides is 2. The normalized spacial score (nSPS) is 14.9. The number of ether oxygens (including phenoxy) is 1. The highest BCUT2D eigenvalue weighted by molar-refractivity contribution is 6.42. The number of fused-ring (bicyclic) bond motifs is 1. The Hall–Kier alpha value is -4.48. The molecule has 2 N–H and O–H groups in total. The van der Waals surface area contributed by atoms with Crippen molar-refractivity contribution in [2.24, 2.45) is 0 Å². The van der Waals surface area contributed by atoms with Crippen LogP contribution in [0.2, 0.25) is 10.0 Å². The molecule has 1 aliphatic rings. The van der Waals surface area contributed by atoms with Crippen LogP contribution >= 0.6 is 23.2 Å². The Kier molecular flexibility index (Phi) is 9.40. The average molecular weight is 657 g/mol. The molecule has 0 radical (unpaired) electrons. The van der Waals surface area contributed by atoms with Crippen LogP contribution in [0, 0.1) is 0 Å². The quantitative estimate of drug-likeness (QED) is 0.232. The third-order valence-electron chi connectivity index (χ3n) is 7.61. The summed E-state index contributed by atoms with van der Waals surface area (Å²) in [5.41, 5.74) is 2.53. The Morgan fingerprint density at radius 1 is 1.00 bits per heavy atom. The van der Waals surface area contributed by atoms with Crippen LogP contribution in [-0.2, 0) is 13.0 Å². The molecule has 0 bridgehead atoms. The van der Waals surface area contributed by atoms with E-state index in [9.17, 15) is 23.2 Å². The molecule has 2 amide bonds. The van der Waals surface area contributed by atoms with E-state index in [1.54, 1.807) is 53.4 Å². The highest BCUT2D eigenvalue weighted by Crippen LogP contribution is 2.29. The van der Waals surface area contributed by atoms with Gasteiger partial charge in [-0.15, -0.1) is 0 Å². The van der Waals surface area contributed by atoms with Gasteiger partial charge in [0.05, 0.1) is 34.0 Å². The van der Waals surface area contributed by atoms with E-state index >= 15 is 0 Å². The number of carbonyl (C=O) groups excluding carboxylic acids is 2. The number of anilines is 1. The minimum atomic E-state index is -2.94. The van der Waals surface area contributed by atoms with Crippen LogP contribution in [0.5, 0.6) is 5.75 Å². The molecule has 0 spiro atoms. The van der Waals surface area contributed by atoms with Gasteiger partial charge in [0.2, 0.25) is 5.95 Å². The van der Waals surface area contributed by atoms with Gasteiger partial charge in [-0.3, -0.25) is 14.4 Å². The first-order valence-corrected chi connectivity index (χ1v) is 14.8. The summed E-state index contributed by atoms with van der Waals surface area (Å²) in [4.78, 5) is 46.3. The second-order valence-electron chi connectivity index (χ2n) is 10.6. The smallest absolute Gasteiger partial charge is 0.387 e. The van der Waals surface area contributed by atoms with Crippen molar-refractivity contribution in [2.45, 2.75) is 45.5 Å². The molecule has 2 atom stereocenters. The van der Waals surface area contributed by atoms with Gasteiger partial charge in [-0.2, -0.15) is 8.78 Å². The molecule has 0 unspecified atom stereocenters. The van der Waals surface area contributed by atoms with E-state index in [1.807, 2.05) is 13.8 Å². The highest BCUT2D eigenvalue weighted by Gasteiger charge is 2.32. The first kappa shape index (κ1) is 31.9. The third-order valence-corrected chi connectivity index (χ3v) is 8.35. The van der Waals surface area contributed by atoms with Crippen molar-refractivity contribution in [1.29, 1.82) is 0 Å². The molecule has 234 valence electrons. The van der Waals surface area contributed by atoms with Gasteiger partial charge in [0.25, 0.3) is 17.4 Å². The highest BCUT2D eigenvalue weighted by atomic mass is 35.5. The number of hydrogen-bond acceptors (Lipinski definition) is 6. The number of nitrogens with zero attached hydrogens (tertiary/aromatic N) is 3. The van der Waals surface area contributed by atoms with Crippen molar-refractivity contribution in [1.82, 2.24) is 19.8 Å². The van der Waals surface area contributed by atoms with Gasteiger partial charge in [0.1, 0.15) is 5.75 Å². The molecule has 0 fully saturated rings. The first-order valence-electron chi connectivity index (χ1n) is 14.0. The molecule has 5 rings (SSSR count). The Morgan fingerprint density at radius 2 is 1.67 bits per heavy atom. The number of aromatic nitrogens is 2. The topological polar surface area (TPSA) is 106 Å². The molecular formula is C32H29Cl2F2N5O4. The van der Waals surface area contributed by atoms with E-state index in [-0.39, 0.29) is 53.1 Å². The zero-order valence-corrected chi connectivity index (χ0v) is 26.0. The van der Waals surface area contributed by atoms with Crippen LogP contribution < -0.4 is 20.9 Å². The van der Waals surface area contributed by atoms with Gasteiger partial charge in [0.15, 0.2) is 0 Å². The van der Waals surface area contributed by atoms with Gasteiger partial charge in [-0.05, 0) is 80.4 Å². The monoisotopic (exact) mass is 655 g/mol. The van der Waals surface area contributed by atoms with Gasteiger partial charge < -0.3 is 20.3 Å². The van der Waals surface area contributed by atoms with Crippen molar-refractivity contribution in [3.8, 4) is 11.4 Å². The summed E-state index contributed by atoms with van der Waals surface area (Å²) in [6, 6.07) is 16.5. The number of amides is 2. The number of nitrogens with one attached hydrogen (secondary N) is 2. The summed E-state index contributed by atoms with van der Waals surface area (Å²) >= 11 is 12.2. The van der Waals surface area contributed by atoms with Crippen molar-refractivity contribution < 1.29 is 23.1 Å². The second kappa shape index (κ2) is 13.3. The lowest BCUT2D eigenvalue weighted by molar-refractivity contribution is -0.0498. The van der Waals surface area contributed by atoms with E-state index in [4.69, 9.17) is 28.2 Å². The Labute approximate surface area is 267 Å². The van der Waals surface area contributed by atoms with Crippen LogP contribution in [0.3, 0.4) is 0 Å². The lowest BCUT2D eigenvalue weighted by Crippen LogP contribution is -2.46. The lowest BCUT2D eigenvalue weighted by Gasteiger charge is -2.35. The molecule has 1 aliphatic heterocycles. The maximum atomic E-state index is 14.1. The number of benzene rings is 3. The summed E-state index contributed by atoms with van der Waals surface area (Å²) in [6.45, 7) is 0.816.